The number of carbonyl (C=O) groups excluding carboxylic acids is 1. The van der Waals surface area contributed by atoms with Crippen LogP contribution in [0.4, 0.5) is 0 Å². The van der Waals surface area contributed by atoms with E-state index >= 15 is 0 Å². The molecule has 0 aromatic heterocycles. The predicted molar refractivity (Wildman–Crippen MR) is 81.6 cm³/mol. The van der Waals surface area contributed by atoms with E-state index in [1.807, 2.05) is 13.8 Å². The van der Waals surface area contributed by atoms with Crippen molar-refractivity contribution in [2.24, 2.45) is 0 Å². The Kier molecular flexibility index (Phi) is 6.83. The molecule has 3 nitrogen and oxygen atoms in total. The first-order valence-corrected chi connectivity index (χ1v) is 7.59. The van der Waals surface area contributed by atoms with E-state index < -0.39 is 0 Å². The molecule has 0 atom stereocenters. The summed E-state index contributed by atoms with van der Waals surface area (Å²) in [4.78, 5) is 14.3. The molecule has 1 rings (SSSR count). The van der Waals surface area contributed by atoms with Crippen LogP contribution in [0, 0.1) is 0 Å². The fraction of sp³-hybridized carbons (Fsp3) is 0.500. The highest BCUT2D eigenvalue weighted by Gasteiger charge is 2.24. The van der Waals surface area contributed by atoms with Crippen LogP contribution in [-0.2, 0) is 0 Å². The van der Waals surface area contributed by atoms with E-state index in [9.17, 15) is 4.79 Å². The van der Waals surface area contributed by atoms with E-state index in [0.29, 0.717) is 21.6 Å². The highest BCUT2D eigenvalue weighted by molar-refractivity contribution is 9.10. The number of carbonyl (C=O) groups is 1. The monoisotopic (exact) mass is 347 g/mol. The van der Waals surface area contributed by atoms with Crippen molar-refractivity contribution in [2.45, 2.75) is 32.7 Å². The Morgan fingerprint density at radius 2 is 2.05 bits per heavy atom. The van der Waals surface area contributed by atoms with Gasteiger partial charge in [0.2, 0.25) is 0 Å². The third kappa shape index (κ3) is 3.94. The van der Waals surface area contributed by atoms with Gasteiger partial charge in [0.25, 0.3) is 5.91 Å². The van der Waals surface area contributed by atoms with Crippen molar-refractivity contribution < 1.29 is 9.90 Å². The van der Waals surface area contributed by atoms with Gasteiger partial charge in [0.15, 0.2) is 0 Å². The summed E-state index contributed by atoms with van der Waals surface area (Å²) >= 11 is 9.49. The van der Waals surface area contributed by atoms with E-state index in [2.05, 4.69) is 15.9 Å². The van der Waals surface area contributed by atoms with E-state index in [1.165, 1.54) is 0 Å². The van der Waals surface area contributed by atoms with Crippen molar-refractivity contribution >= 4 is 33.4 Å². The number of amides is 1. The number of hydrogen-bond donors (Lipinski definition) is 1. The van der Waals surface area contributed by atoms with Gasteiger partial charge in [0.05, 0.1) is 17.2 Å². The molecule has 1 aromatic rings. The number of hydrogen-bond acceptors (Lipinski definition) is 2. The number of aliphatic hydroxyl groups is 1. The fourth-order valence-electron chi connectivity index (χ4n) is 2.11. The first kappa shape index (κ1) is 16.5. The molecule has 0 spiro atoms. The normalized spacial score (nSPS) is 10.8. The lowest BCUT2D eigenvalue weighted by Gasteiger charge is -2.30. The number of rotatable bonds is 6. The van der Waals surface area contributed by atoms with Gasteiger partial charge in [-0.2, -0.15) is 0 Å². The fourth-order valence-corrected chi connectivity index (χ4v) is 2.68. The van der Waals surface area contributed by atoms with Gasteiger partial charge in [-0.15, -0.1) is 0 Å². The zero-order chi connectivity index (χ0) is 14.4. The number of aliphatic hydroxyl groups excluding tert-OH is 1. The Morgan fingerprint density at radius 1 is 1.42 bits per heavy atom. The average molecular weight is 349 g/mol. The quantitative estimate of drug-likeness (QED) is 0.851. The van der Waals surface area contributed by atoms with E-state index in [1.54, 1.807) is 23.1 Å². The molecular formula is C14H19BrClNO2. The van der Waals surface area contributed by atoms with Crippen LogP contribution in [-0.4, -0.2) is 35.1 Å². The Bertz CT molecular complexity index is 435. The number of halogens is 2. The minimum atomic E-state index is -0.131. The van der Waals surface area contributed by atoms with Crippen molar-refractivity contribution in [3.05, 3.63) is 33.3 Å². The molecule has 5 heteroatoms. The smallest absolute Gasteiger partial charge is 0.255 e. The summed E-state index contributed by atoms with van der Waals surface area (Å²) in [6, 6.07) is 5.41. The molecule has 0 saturated carbocycles. The van der Waals surface area contributed by atoms with E-state index in [0.717, 1.165) is 12.8 Å². The Morgan fingerprint density at radius 3 is 2.58 bits per heavy atom. The van der Waals surface area contributed by atoms with Crippen LogP contribution in [0.25, 0.3) is 0 Å². The Hall–Kier alpha value is -0.580. The second-order valence-corrected chi connectivity index (χ2v) is 5.53. The van der Waals surface area contributed by atoms with Crippen molar-refractivity contribution in [3.63, 3.8) is 0 Å². The van der Waals surface area contributed by atoms with Gasteiger partial charge in [-0.3, -0.25) is 4.79 Å². The molecule has 0 bridgehead atoms. The van der Waals surface area contributed by atoms with Gasteiger partial charge in [0.1, 0.15) is 0 Å². The maximum Gasteiger partial charge on any atom is 0.255 e. The molecular weight excluding hydrogens is 330 g/mol. The first-order chi connectivity index (χ1) is 9.06. The summed E-state index contributed by atoms with van der Waals surface area (Å²) < 4.78 is 0.702. The molecule has 0 fully saturated rings. The Balaban J connectivity index is 3.08. The minimum absolute atomic E-state index is 0.0478. The lowest BCUT2D eigenvalue weighted by atomic mass is 10.1. The van der Waals surface area contributed by atoms with Gasteiger partial charge >= 0.3 is 0 Å². The third-order valence-corrected chi connectivity index (χ3v) is 4.46. The predicted octanol–water partition coefficient (Wildman–Crippen LogP) is 3.73. The molecule has 0 saturated heterocycles. The molecule has 0 unspecified atom stereocenters. The maximum atomic E-state index is 12.6. The van der Waals surface area contributed by atoms with Crippen molar-refractivity contribution in [3.8, 4) is 0 Å². The molecule has 106 valence electrons. The van der Waals surface area contributed by atoms with Crippen LogP contribution in [0.3, 0.4) is 0 Å². The summed E-state index contributed by atoms with van der Waals surface area (Å²) in [6.45, 7) is 4.35. The van der Waals surface area contributed by atoms with Gasteiger partial charge < -0.3 is 10.0 Å². The second-order valence-electron chi connectivity index (χ2n) is 4.29. The summed E-state index contributed by atoms with van der Waals surface area (Å²) in [7, 11) is 0. The van der Waals surface area contributed by atoms with Gasteiger partial charge in [0, 0.05) is 17.1 Å². The molecule has 1 N–H and O–H groups in total. The topological polar surface area (TPSA) is 40.5 Å². The van der Waals surface area contributed by atoms with Crippen LogP contribution < -0.4 is 0 Å². The molecule has 1 aromatic carbocycles. The Labute approximate surface area is 127 Å². The maximum absolute atomic E-state index is 12.6. The van der Waals surface area contributed by atoms with Crippen molar-refractivity contribution in [1.82, 2.24) is 4.90 Å². The van der Waals surface area contributed by atoms with Crippen LogP contribution in [0.2, 0.25) is 5.02 Å². The highest BCUT2D eigenvalue weighted by Crippen LogP contribution is 2.27. The number of nitrogens with zero attached hydrogens (tertiary/aromatic N) is 1. The van der Waals surface area contributed by atoms with Gasteiger partial charge in [-0.05, 0) is 40.9 Å². The lowest BCUT2D eigenvalue weighted by molar-refractivity contribution is 0.0622. The first-order valence-electron chi connectivity index (χ1n) is 6.42. The summed E-state index contributed by atoms with van der Waals surface area (Å²) in [5.41, 5.74) is 0.469. The molecule has 19 heavy (non-hydrogen) atoms. The molecule has 1 amide bonds. The molecule has 0 radical (unpaired) electrons. The minimum Gasteiger partial charge on any atom is -0.395 e. The largest absolute Gasteiger partial charge is 0.395 e. The SMILES string of the molecule is CCC(CC)N(CCO)C(=O)c1cccc(Br)c1Cl. The highest BCUT2D eigenvalue weighted by atomic mass is 79.9. The van der Waals surface area contributed by atoms with Crippen LogP contribution in [0.1, 0.15) is 37.0 Å². The molecule has 0 aliphatic carbocycles. The zero-order valence-electron chi connectivity index (χ0n) is 11.2. The summed E-state index contributed by atoms with van der Waals surface area (Å²) in [6.07, 6.45) is 1.71. The average Bonchev–Trinajstić information content (AvgIpc) is 2.41. The van der Waals surface area contributed by atoms with Crippen molar-refractivity contribution in [1.29, 1.82) is 0 Å². The summed E-state index contributed by atoms with van der Waals surface area (Å²) in [5, 5.41) is 9.58. The number of benzene rings is 1. The molecule has 0 heterocycles. The summed E-state index contributed by atoms with van der Waals surface area (Å²) in [5.74, 6) is -0.131. The van der Waals surface area contributed by atoms with Gasteiger partial charge in [-0.25, -0.2) is 0 Å². The molecule has 0 aliphatic rings. The van der Waals surface area contributed by atoms with Crippen LogP contribution >= 0.6 is 27.5 Å². The van der Waals surface area contributed by atoms with E-state index in [-0.39, 0.29) is 18.6 Å². The third-order valence-electron chi connectivity index (χ3n) is 3.17. The van der Waals surface area contributed by atoms with E-state index in [4.69, 9.17) is 16.7 Å². The molecule has 0 aliphatic heterocycles. The van der Waals surface area contributed by atoms with Gasteiger partial charge in [-0.1, -0.05) is 31.5 Å². The van der Waals surface area contributed by atoms with Crippen LogP contribution in [0.15, 0.2) is 22.7 Å². The second kappa shape index (κ2) is 7.88. The lowest BCUT2D eigenvalue weighted by Crippen LogP contribution is -2.41. The van der Waals surface area contributed by atoms with Crippen LogP contribution in [0.5, 0.6) is 0 Å². The zero-order valence-corrected chi connectivity index (χ0v) is 13.5. The standard InChI is InChI=1S/C14H19BrClNO2/c1-3-10(4-2)17(8-9-18)14(19)11-6-5-7-12(15)13(11)16/h5-7,10,18H,3-4,8-9H2,1-2H3. The van der Waals surface area contributed by atoms with Crippen molar-refractivity contribution in [2.75, 3.05) is 13.2 Å².